The monoisotopic (exact) mass is 221 g/mol. The second-order valence-corrected chi connectivity index (χ2v) is 4.14. The van der Waals surface area contributed by atoms with Crippen LogP contribution in [0.25, 0.3) is 0 Å². The van der Waals surface area contributed by atoms with Crippen molar-refractivity contribution in [3.8, 4) is 0 Å². The Balaban J connectivity index is 2.75. The number of carbonyl (C=O) groups excluding carboxylic acids is 1. The molecule has 1 aliphatic rings. The standard InChI is InChI=1S/C12H19N3O/c1-9(2)11-6-7-14-10(3)15(11)8-4-5-12(13)16/h4,6-10H,5H2,1-3H3,(H2,13,16)/b8-4-. The van der Waals surface area contributed by atoms with Crippen molar-refractivity contribution in [3.05, 3.63) is 24.0 Å². The summed E-state index contributed by atoms with van der Waals surface area (Å²) in [7, 11) is 0. The molecule has 0 radical (unpaired) electrons. The van der Waals surface area contributed by atoms with E-state index in [2.05, 4.69) is 23.7 Å². The molecule has 0 spiro atoms. The van der Waals surface area contributed by atoms with Crippen molar-refractivity contribution in [2.45, 2.75) is 33.4 Å². The summed E-state index contributed by atoms with van der Waals surface area (Å²) in [6.45, 7) is 6.28. The smallest absolute Gasteiger partial charge is 0.221 e. The van der Waals surface area contributed by atoms with Gasteiger partial charge < -0.3 is 10.6 Å². The Bertz CT molecular complexity index is 342. The van der Waals surface area contributed by atoms with E-state index in [9.17, 15) is 4.79 Å². The summed E-state index contributed by atoms with van der Waals surface area (Å²) in [4.78, 5) is 17.0. The highest BCUT2D eigenvalue weighted by Gasteiger charge is 2.17. The van der Waals surface area contributed by atoms with E-state index in [-0.39, 0.29) is 18.5 Å². The van der Waals surface area contributed by atoms with Gasteiger partial charge in [0.2, 0.25) is 5.91 Å². The average molecular weight is 221 g/mol. The molecule has 0 aromatic carbocycles. The molecule has 0 saturated heterocycles. The number of nitrogens with two attached hydrogens (primary N) is 1. The summed E-state index contributed by atoms with van der Waals surface area (Å²) in [6, 6.07) is 0. The van der Waals surface area contributed by atoms with Gasteiger partial charge in [-0.05, 0) is 18.9 Å². The Kier molecular flexibility index (Phi) is 4.28. The summed E-state index contributed by atoms with van der Waals surface area (Å²) in [5.41, 5.74) is 6.28. The minimum atomic E-state index is -0.320. The number of amides is 1. The van der Waals surface area contributed by atoms with E-state index >= 15 is 0 Å². The molecule has 1 heterocycles. The maximum absolute atomic E-state index is 10.6. The third-order valence-corrected chi connectivity index (χ3v) is 2.42. The van der Waals surface area contributed by atoms with E-state index in [0.717, 1.165) is 0 Å². The molecule has 0 aromatic heterocycles. The average Bonchev–Trinajstić information content (AvgIpc) is 2.19. The summed E-state index contributed by atoms with van der Waals surface area (Å²) in [5, 5.41) is 0. The first kappa shape index (κ1) is 12.5. The molecule has 1 rings (SSSR count). The molecule has 1 amide bonds. The second kappa shape index (κ2) is 5.49. The lowest BCUT2D eigenvalue weighted by molar-refractivity contribution is -0.117. The predicted octanol–water partition coefficient (Wildman–Crippen LogP) is 1.65. The van der Waals surface area contributed by atoms with Gasteiger partial charge in [0.1, 0.15) is 6.17 Å². The molecule has 16 heavy (non-hydrogen) atoms. The topological polar surface area (TPSA) is 58.7 Å². The molecule has 1 aliphatic heterocycles. The minimum absolute atomic E-state index is 0.0755. The fourth-order valence-corrected chi connectivity index (χ4v) is 1.60. The van der Waals surface area contributed by atoms with Gasteiger partial charge in [0.25, 0.3) is 0 Å². The minimum Gasteiger partial charge on any atom is -0.369 e. The third-order valence-electron chi connectivity index (χ3n) is 2.42. The Hall–Kier alpha value is -1.58. The van der Waals surface area contributed by atoms with Gasteiger partial charge in [-0.15, -0.1) is 0 Å². The molecule has 1 atom stereocenters. The van der Waals surface area contributed by atoms with Crippen LogP contribution in [-0.4, -0.2) is 23.2 Å². The van der Waals surface area contributed by atoms with Crippen LogP contribution >= 0.6 is 0 Å². The zero-order chi connectivity index (χ0) is 12.1. The third kappa shape index (κ3) is 3.22. The molecule has 4 heteroatoms. The van der Waals surface area contributed by atoms with Crippen molar-refractivity contribution in [2.24, 2.45) is 16.6 Å². The molecule has 0 aromatic rings. The number of primary amides is 1. The van der Waals surface area contributed by atoms with Crippen molar-refractivity contribution in [2.75, 3.05) is 0 Å². The number of rotatable bonds is 4. The number of carbonyl (C=O) groups is 1. The molecular weight excluding hydrogens is 202 g/mol. The van der Waals surface area contributed by atoms with Gasteiger partial charge in [-0.25, -0.2) is 0 Å². The predicted molar refractivity (Wildman–Crippen MR) is 65.7 cm³/mol. The fraction of sp³-hybridized carbons (Fsp3) is 0.500. The zero-order valence-electron chi connectivity index (χ0n) is 10.1. The Labute approximate surface area is 96.5 Å². The van der Waals surface area contributed by atoms with Crippen molar-refractivity contribution in [3.63, 3.8) is 0 Å². The van der Waals surface area contributed by atoms with Crippen LogP contribution in [0.1, 0.15) is 27.2 Å². The Morgan fingerprint density at radius 1 is 1.69 bits per heavy atom. The fourth-order valence-electron chi connectivity index (χ4n) is 1.60. The van der Waals surface area contributed by atoms with E-state index in [0.29, 0.717) is 5.92 Å². The maximum atomic E-state index is 10.6. The lowest BCUT2D eigenvalue weighted by atomic mass is 10.1. The maximum Gasteiger partial charge on any atom is 0.221 e. The van der Waals surface area contributed by atoms with Gasteiger partial charge in [0.05, 0.1) is 0 Å². The van der Waals surface area contributed by atoms with Crippen molar-refractivity contribution in [1.29, 1.82) is 0 Å². The van der Waals surface area contributed by atoms with Crippen LogP contribution in [0, 0.1) is 5.92 Å². The van der Waals surface area contributed by atoms with E-state index in [1.807, 2.05) is 25.4 Å². The first-order chi connectivity index (χ1) is 7.52. The number of nitrogens with zero attached hydrogens (tertiary/aromatic N) is 2. The quantitative estimate of drug-likeness (QED) is 0.784. The van der Waals surface area contributed by atoms with Crippen LogP contribution in [0.3, 0.4) is 0 Å². The molecule has 1 unspecified atom stereocenters. The summed E-state index contributed by atoms with van der Waals surface area (Å²) < 4.78 is 0. The van der Waals surface area contributed by atoms with Gasteiger partial charge in [0.15, 0.2) is 0 Å². The molecule has 0 fully saturated rings. The molecular formula is C12H19N3O. The first-order valence-electron chi connectivity index (χ1n) is 5.49. The molecule has 0 aliphatic carbocycles. The van der Waals surface area contributed by atoms with Crippen LogP contribution in [0.4, 0.5) is 0 Å². The van der Waals surface area contributed by atoms with Crippen molar-refractivity contribution >= 4 is 12.1 Å². The van der Waals surface area contributed by atoms with Crippen molar-refractivity contribution < 1.29 is 4.79 Å². The van der Waals surface area contributed by atoms with Gasteiger partial charge in [-0.2, -0.15) is 0 Å². The summed E-state index contributed by atoms with van der Waals surface area (Å²) in [5.74, 6) is 0.104. The number of aliphatic imine (C=N–C) groups is 1. The van der Waals surface area contributed by atoms with E-state index < -0.39 is 0 Å². The van der Waals surface area contributed by atoms with E-state index in [1.54, 1.807) is 6.08 Å². The van der Waals surface area contributed by atoms with Crippen LogP contribution in [0.15, 0.2) is 29.0 Å². The van der Waals surface area contributed by atoms with Crippen LogP contribution in [0.2, 0.25) is 0 Å². The van der Waals surface area contributed by atoms with E-state index in [4.69, 9.17) is 5.73 Å². The summed E-state index contributed by atoms with van der Waals surface area (Å²) in [6.07, 6.45) is 7.83. The van der Waals surface area contributed by atoms with Gasteiger partial charge >= 0.3 is 0 Å². The normalized spacial score (nSPS) is 20.6. The summed E-state index contributed by atoms with van der Waals surface area (Å²) >= 11 is 0. The van der Waals surface area contributed by atoms with Crippen molar-refractivity contribution in [1.82, 2.24) is 4.90 Å². The van der Waals surface area contributed by atoms with E-state index in [1.165, 1.54) is 5.70 Å². The number of hydrogen-bond donors (Lipinski definition) is 1. The number of hydrogen-bond acceptors (Lipinski definition) is 3. The molecule has 0 bridgehead atoms. The Morgan fingerprint density at radius 2 is 2.38 bits per heavy atom. The highest BCUT2D eigenvalue weighted by Crippen LogP contribution is 2.21. The van der Waals surface area contributed by atoms with Gasteiger partial charge in [-0.1, -0.05) is 19.9 Å². The SMILES string of the molecule is CC(C)C1=CC=NC(C)N1/C=C\CC(N)=O. The van der Waals surface area contributed by atoms with Gasteiger partial charge in [0, 0.05) is 24.5 Å². The van der Waals surface area contributed by atoms with Gasteiger partial charge in [-0.3, -0.25) is 9.79 Å². The lowest BCUT2D eigenvalue weighted by Crippen LogP contribution is -2.30. The molecule has 2 N–H and O–H groups in total. The molecule has 4 nitrogen and oxygen atoms in total. The Morgan fingerprint density at radius 3 is 2.94 bits per heavy atom. The van der Waals surface area contributed by atoms with Crippen LogP contribution in [0.5, 0.6) is 0 Å². The first-order valence-corrected chi connectivity index (χ1v) is 5.49. The van der Waals surface area contributed by atoms with Crippen LogP contribution in [-0.2, 0) is 4.79 Å². The highest BCUT2D eigenvalue weighted by atomic mass is 16.1. The van der Waals surface area contributed by atoms with Crippen LogP contribution < -0.4 is 5.73 Å². The largest absolute Gasteiger partial charge is 0.369 e. The second-order valence-electron chi connectivity index (χ2n) is 4.14. The highest BCUT2D eigenvalue weighted by molar-refractivity contribution is 5.75. The zero-order valence-corrected chi connectivity index (χ0v) is 10.1. The molecule has 88 valence electrons. The molecule has 0 saturated carbocycles. The lowest BCUT2D eigenvalue weighted by Gasteiger charge is -2.32. The number of allylic oxidation sites excluding steroid dienone is 2.